The van der Waals surface area contributed by atoms with Crippen molar-refractivity contribution >= 4 is 5.91 Å². The Morgan fingerprint density at radius 1 is 1.69 bits per heavy atom. The molecule has 1 unspecified atom stereocenters. The molecule has 0 radical (unpaired) electrons. The van der Waals surface area contributed by atoms with E-state index < -0.39 is 0 Å². The van der Waals surface area contributed by atoms with E-state index in [0.29, 0.717) is 6.61 Å². The number of ether oxygens (including phenoxy) is 1. The van der Waals surface area contributed by atoms with Gasteiger partial charge in [0.2, 0.25) is 5.91 Å². The zero-order chi connectivity index (χ0) is 9.68. The van der Waals surface area contributed by atoms with E-state index in [1.165, 1.54) is 0 Å². The van der Waals surface area contributed by atoms with Crippen molar-refractivity contribution in [3.8, 4) is 0 Å². The third kappa shape index (κ3) is 2.67. The summed E-state index contributed by atoms with van der Waals surface area (Å²) in [6, 6.07) is -0.132. The molecule has 1 atom stereocenters. The van der Waals surface area contributed by atoms with Gasteiger partial charge in [0, 0.05) is 6.54 Å². The molecule has 1 rings (SSSR count). The Bertz CT molecular complexity index is 172. The average molecular weight is 187 g/mol. The minimum Gasteiger partial charge on any atom is -0.394 e. The fraction of sp³-hybridized carbons (Fsp3) is 0.889. The summed E-state index contributed by atoms with van der Waals surface area (Å²) in [4.78, 5) is 13.1. The normalized spacial score (nSPS) is 23.7. The third-order valence-corrected chi connectivity index (χ3v) is 2.26. The van der Waals surface area contributed by atoms with E-state index in [2.05, 4.69) is 6.92 Å². The number of hydrogen-bond acceptors (Lipinski definition) is 3. The van der Waals surface area contributed by atoms with Crippen LogP contribution in [0.5, 0.6) is 0 Å². The van der Waals surface area contributed by atoms with Crippen LogP contribution in [-0.4, -0.2) is 48.3 Å². The van der Waals surface area contributed by atoms with Gasteiger partial charge in [-0.2, -0.15) is 0 Å². The fourth-order valence-electron chi connectivity index (χ4n) is 1.45. The summed E-state index contributed by atoms with van der Waals surface area (Å²) in [5.41, 5.74) is 0. The van der Waals surface area contributed by atoms with Crippen molar-refractivity contribution < 1.29 is 14.6 Å². The van der Waals surface area contributed by atoms with Gasteiger partial charge in [-0.1, -0.05) is 13.3 Å². The van der Waals surface area contributed by atoms with E-state index in [1.54, 1.807) is 4.90 Å². The molecule has 0 aliphatic carbocycles. The largest absolute Gasteiger partial charge is 0.394 e. The Hall–Kier alpha value is -0.610. The summed E-state index contributed by atoms with van der Waals surface area (Å²) < 4.78 is 5.04. The van der Waals surface area contributed by atoms with Gasteiger partial charge in [-0.25, -0.2) is 0 Å². The molecule has 1 N–H and O–H groups in total. The highest BCUT2D eigenvalue weighted by atomic mass is 16.5. The Kier molecular flexibility index (Phi) is 4.18. The van der Waals surface area contributed by atoms with Crippen molar-refractivity contribution in [1.82, 2.24) is 4.90 Å². The summed E-state index contributed by atoms with van der Waals surface area (Å²) in [7, 11) is 0. The highest BCUT2D eigenvalue weighted by Crippen LogP contribution is 2.08. The smallest absolute Gasteiger partial charge is 0.248 e. The maximum atomic E-state index is 11.4. The van der Waals surface area contributed by atoms with Crippen LogP contribution >= 0.6 is 0 Å². The maximum absolute atomic E-state index is 11.4. The lowest BCUT2D eigenvalue weighted by Crippen LogP contribution is -2.51. The molecular weight excluding hydrogens is 170 g/mol. The first-order chi connectivity index (χ1) is 6.29. The molecule has 0 saturated carbocycles. The summed E-state index contributed by atoms with van der Waals surface area (Å²) >= 11 is 0. The van der Waals surface area contributed by atoms with Crippen LogP contribution in [0.3, 0.4) is 0 Å². The molecule has 1 fully saturated rings. The molecule has 4 heteroatoms. The minimum atomic E-state index is -0.132. The lowest BCUT2D eigenvalue weighted by molar-refractivity contribution is -0.150. The van der Waals surface area contributed by atoms with E-state index in [4.69, 9.17) is 9.84 Å². The van der Waals surface area contributed by atoms with Crippen LogP contribution in [0, 0.1) is 0 Å². The number of unbranched alkanes of at least 4 members (excludes halogenated alkanes) is 1. The monoisotopic (exact) mass is 187 g/mol. The second kappa shape index (κ2) is 5.19. The zero-order valence-electron chi connectivity index (χ0n) is 8.03. The number of amides is 1. The van der Waals surface area contributed by atoms with Gasteiger partial charge in [-0.15, -0.1) is 0 Å². The van der Waals surface area contributed by atoms with Crippen molar-refractivity contribution in [2.45, 2.75) is 25.8 Å². The quantitative estimate of drug-likeness (QED) is 0.674. The first-order valence-electron chi connectivity index (χ1n) is 4.77. The molecule has 1 aliphatic rings. The SMILES string of the molecule is CCCCN1C(=O)COCC1CO. The lowest BCUT2D eigenvalue weighted by atomic mass is 10.2. The van der Waals surface area contributed by atoms with Crippen LogP contribution in [0.1, 0.15) is 19.8 Å². The Labute approximate surface area is 78.5 Å². The first-order valence-corrected chi connectivity index (χ1v) is 4.77. The first kappa shape index (κ1) is 10.5. The van der Waals surface area contributed by atoms with Crippen molar-refractivity contribution in [3.05, 3.63) is 0 Å². The second-order valence-corrected chi connectivity index (χ2v) is 3.29. The Balaban J connectivity index is 2.46. The van der Waals surface area contributed by atoms with Crippen LogP contribution in [-0.2, 0) is 9.53 Å². The van der Waals surface area contributed by atoms with Gasteiger partial charge in [0.05, 0.1) is 19.3 Å². The molecule has 1 heterocycles. The highest BCUT2D eigenvalue weighted by molar-refractivity contribution is 5.78. The number of aliphatic hydroxyl groups is 1. The number of rotatable bonds is 4. The predicted molar refractivity (Wildman–Crippen MR) is 48.3 cm³/mol. The third-order valence-electron chi connectivity index (χ3n) is 2.26. The predicted octanol–water partition coefficient (Wildman–Crippen LogP) is 0.00620. The van der Waals surface area contributed by atoms with Crippen LogP contribution < -0.4 is 0 Å². The summed E-state index contributed by atoms with van der Waals surface area (Å²) in [5.74, 6) is -0.00116. The molecule has 0 spiro atoms. The topological polar surface area (TPSA) is 49.8 Å². The molecule has 0 bridgehead atoms. The van der Waals surface area contributed by atoms with Crippen LogP contribution in [0.15, 0.2) is 0 Å². The van der Waals surface area contributed by atoms with Crippen LogP contribution in [0.2, 0.25) is 0 Å². The number of morpholine rings is 1. The van der Waals surface area contributed by atoms with Gasteiger partial charge < -0.3 is 14.7 Å². The number of nitrogens with zero attached hydrogens (tertiary/aromatic N) is 1. The zero-order valence-corrected chi connectivity index (χ0v) is 8.03. The van der Waals surface area contributed by atoms with Gasteiger partial charge in [-0.05, 0) is 6.42 Å². The molecule has 1 aliphatic heterocycles. The average Bonchev–Trinajstić information content (AvgIpc) is 2.15. The number of carbonyl (C=O) groups is 1. The van der Waals surface area contributed by atoms with Gasteiger partial charge in [0.15, 0.2) is 0 Å². The molecule has 0 aromatic rings. The van der Waals surface area contributed by atoms with Gasteiger partial charge in [-0.3, -0.25) is 4.79 Å². The molecule has 1 amide bonds. The highest BCUT2D eigenvalue weighted by Gasteiger charge is 2.27. The van der Waals surface area contributed by atoms with Crippen molar-refractivity contribution in [3.63, 3.8) is 0 Å². The summed E-state index contributed by atoms with van der Waals surface area (Å²) in [5, 5.41) is 9.00. The number of hydrogen-bond donors (Lipinski definition) is 1. The molecule has 0 aromatic carbocycles. The molecule has 1 saturated heterocycles. The van der Waals surface area contributed by atoms with Crippen molar-refractivity contribution in [1.29, 1.82) is 0 Å². The van der Waals surface area contributed by atoms with E-state index in [0.717, 1.165) is 19.4 Å². The lowest BCUT2D eigenvalue weighted by Gasteiger charge is -2.34. The summed E-state index contributed by atoms with van der Waals surface area (Å²) in [6.45, 7) is 3.45. The van der Waals surface area contributed by atoms with Crippen molar-refractivity contribution in [2.24, 2.45) is 0 Å². The van der Waals surface area contributed by atoms with E-state index in [-0.39, 0.29) is 25.2 Å². The van der Waals surface area contributed by atoms with Gasteiger partial charge >= 0.3 is 0 Å². The van der Waals surface area contributed by atoms with Gasteiger partial charge in [0.1, 0.15) is 6.61 Å². The van der Waals surface area contributed by atoms with Crippen LogP contribution in [0.25, 0.3) is 0 Å². The molecular formula is C9H17NO3. The second-order valence-electron chi connectivity index (χ2n) is 3.29. The molecule has 4 nitrogen and oxygen atoms in total. The fourth-order valence-corrected chi connectivity index (χ4v) is 1.45. The molecule has 76 valence electrons. The Morgan fingerprint density at radius 2 is 2.46 bits per heavy atom. The maximum Gasteiger partial charge on any atom is 0.248 e. The molecule has 0 aromatic heterocycles. The summed E-state index contributed by atoms with van der Waals surface area (Å²) in [6.07, 6.45) is 2.05. The number of aliphatic hydroxyl groups excluding tert-OH is 1. The standard InChI is InChI=1S/C9H17NO3/c1-2-3-4-10-8(5-11)6-13-7-9(10)12/h8,11H,2-7H2,1H3. The minimum absolute atomic E-state index is 0.00116. The van der Waals surface area contributed by atoms with Gasteiger partial charge in [0.25, 0.3) is 0 Å². The molecule has 13 heavy (non-hydrogen) atoms. The van der Waals surface area contributed by atoms with Crippen molar-refractivity contribution in [2.75, 3.05) is 26.4 Å². The van der Waals surface area contributed by atoms with E-state index >= 15 is 0 Å². The van der Waals surface area contributed by atoms with E-state index in [1.807, 2.05) is 0 Å². The Morgan fingerprint density at radius 3 is 3.08 bits per heavy atom. The van der Waals surface area contributed by atoms with Crippen LogP contribution in [0.4, 0.5) is 0 Å². The number of carbonyl (C=O) groups excluding carboxylic acids is 1. The van der Waals surface area contributed by atoms with E-state index in [9.17, 15) is 4.79 Å².